The van der Waals surface area contributed by atoms with Crippen LogP contribution in [0.2, 0.25) is 0 Å². The average molecular weight is 239 g/mol. The lowest BCUT2D eigenvalue weighted by atomic mass is 10.0. The van der Waals surface area contributed by atoms with Crippen LogP contribution in [-0.2, 0) is 4.79 Å². The van der Waals surface area contributed by atoms with Crippen LogP contribution in [-0.4, -0.2) is 22.5 Å². The minimum Gasteiger partial charge on any atom is -0.303 e. The molecule has 1 aliphatic heterocycles. The van der Waals surface area contributed by atoms with Gasteiger partial charge in [-0.05, 0) is 12.8 Å². The maximum absolute atomic E-state index is 10.2. The molecule has 3 heteroatoms. The molecular weight excluding hydrogens is 229 g/mol. The van der Waals surface area contributed by atoms with Gasteiger partial charge in [-0.1, -0.05) is 0 Å². The summed E-state index contributed by atoms with van der Waals surface area (Å²) >= 11 is 2.30. The molecule has 52 valence electrons. The van der Waals surface area contributed by atoms with Crippen LogP contribution >= 0.6 is 22.9 Å². The topological polar surface area (TPSA) is 20.3 Å². The van der Waals surface area contributed by atoms with E-state index in [1.165, 1.54) is 0 Å². The summed E-state index contributed by atoms with van der Waals surface area (Å²) in [5.74, 6) is 0.344. The van der Waals surface area contributed by atoms with Crippen molar-refractivity contribution >= 4 is 29.2 Å². The fourth-order valence-electron chi connectivity index (χ4n) is 1.00. The summed E-state index contributed by atoms with van der Waals surface area (Å²) in [6.45, 7) is 2.15. The lowest BCUT2D eigenvalue weighted by molar-refractivity contribution is -0.111. The normalized spacial score (nSPS) is 24.1. The number of halogens is 1. The van der Waals surface area contributed by atoms with Crippen LogP contribution in [0, 0.1) is 5.92 Å². The van der Waals surface area contributed by atoms with E-state index in [9.17, 15) is 4.79 Å². The Morgan fingerprint density at radius 2 is 2.00 bits per heavy atom. The third kappa shape index (κ3) is 2.21. The average Bonchev–Trinajstić information content (AvgIpc) is 1.90. The van der Waals surface area contributed by atoms with Crippen LogP contribution < -0.4 is 0 Å². The molecule has 1 fully saturated rings. The number of carbonyl (C=O) groups excluding carboxylic acids is 1. The fraction of sp³-hybridized carbons (Fsp3) is 0.833. The molecule has 0 amide bonds. The Morgan fingerprint density at radius 3 is 2.44 bits per heavy atom. The quantitative estimate of drug-likeness (QED) is 0.390. The van der Waals surface area contributed by atoms with E-state index in [0.717, 1.165) is 32.2 Å². The van der Waals surface area contributed by atoms with Crippen LogP contribution in [0.5, 0.6) is 0 Å². The predicted octanol–water partition coefficient (Wildman–Crippen LogP) is 1.25. The van der Waals surface area contributed by atoms with E-state index in [1.807, 2.05) is 0 Å². The van der Waals surface area contributed by atoms with E-state index in [1.54, 1.807) is 0 Å². The molecule has 1 heterocycles. The van der Waals surface area contributed by atoms with E-state index in [2.05, 4.69) is 26.0 Å². The molecular formula is C6H10INO. The molecule has 0 spiro atoms. The Balaban J connectivity index is 2.26. The second-order valence-electron chi connectivity index (χ2n) is 2.38. The molecule has 0 aromatic carbocycles. The first-order valence-electron chi connectivity index (χ1n) is 3.19. The minimum absolute atomic E-state index is 0.344. The van der Waals surface area contributed by atoms with Crippen molar-refractivity contribution in [3.8, 4) is 0 Å². The molecule has 2 nitrogen and oxygen atoms in total. The van der Waals surface area contributed by atoms with Gasteiger partial charge in [-0.3, -0.25) is 0 Å². The first-order valence-corrected chi connectivity index (χ1v) is 4.15. The number of piperidine rings is 1. The Kier molecular flexibility index (Phi) is 2.91. The third-order valence-electron chi connectivity index (χ3n) is 1.68. The predicted molar refractivity (Wildman–Crippen MR) is 44.4 cm³/mol. The van der Waals surface area contributed by atoms with Gasteiger partial charge >= 0.3 is 0 Å². The maximum Gasteiger partial charge on any atom is 0.123 e. The SMILES string of the molecule is O=CC1CCN(I)CC1. The second kappa shape index (κ2) is 3.51. The molecule has 1 saturated heterocycles. The molecule has 0 saturated carbocycles. The lowest BCUT2D eigenvalue weighted by Crippen LogP contribution is -2.26. The number of nitrogens with zero attached hydrogens (tertiary/aromatic N) is 1. The number of aldehydes is 1. The smallest absolute Gasteiger partial charge is 0.123 e. The molecule has 1 rings (SSSR count). The van der Waals surface area contributed by atoms with Crippen molar-refractivity contribution in [2.24, 2.45) is 5.92 Å². The number of hydrogen-bond acceptors (Lipinski definition) is 2. The highest BCUT2D eigenvalue weighted by molar-refractivity contribution is 14.1. The highest BCUT2D eigenvalue weighted by Crippen LogP contribution is 2.16. The van der Waals surface area contributed by atoms with Gasteiger partial charge in [0.25, 0.3) is 0 Å². The van der Waals surface area contributed by atoms with Gasteiger partial charge in [-0.2, -0.15) is 0 Å². The zero-order valence-corrected chi connectivity index (χ0v) is 7.37. The van der Waals surface area contributed by atoms with Gasteiger partial charge in [-0.25, -0.2) is 3.11 Å². The molecule has 0 aromatic rings. The molecule has 0 radical (unpaired) electrons. The van der Waals surface area contributed by atoms with Crippen molar-refractivity contribution in [1.82, 2.24) is 3.11 Å². The van der Waals surface area contributed by atoms with Crippen LogP contribution in [0.15, 0.2) is 0 Å². The van der Waals surface area contributed by atoms with Crippen LogP contribution in [0.3, 0.4) is 0 Å². The third-order valence-corrected chi connectivity index (χ3v) is 2.64. The van der Waals surface area contributed by atoms with Crippen LogP contribution in [0.25, 0.3) is 0 Å². The van der Waals surface area contributed by atoms with Crippen molar-refractivity contribution in [1.29, 1.82) is 0 Å². The molecule has 9 heavy (non-hydrogen) atoms. The molecule has 0 aromatic heterocycles. The maximum atomic E-state index is 10.2. The first-order chi connectivity index (χ1) is 4.33. The minimum atomic E-state index is 0.344. The van der Waals surface area contributed by atoms with Crippen molar-refractivity contribution in [3.63, 3.8) is 0 Å². The summed E-state index contributed by atoms with van der Waals surface area (Å²) < 4.78 is 2.23. The molecule has 0 atom stereocenters. The summed E-state index contributed by atoms with van der Waals surface area (Å²) in [5.41, 5.74) is 0. The van der Waals surface area contributed by atoms with Crippen LogP contribution in [0.1, 0.15) is 12.8 Å². The zero-order valence-electron chi connectivity index (χ0n) is 5.22. The van der Waals surface area contributed by atoms with Gasteiger partial charge in [0.05, 0.1) is 0 Å². The number of hydrogen-bond donors (Lipinski definition) is 0. The van der Waals surface area contributed by atoms with Gasteiger partial charge < -0.3 is 4.79 Å². The summed E-state index contributed by atoms with van der Waals surface area (Å²) in [7, 11) is 0. The standard InChI is InChI=1S/C6H10INO/c7-8-3-1-6(5-9)2-4-8/h5-6H,1-4H2. The molecule has 0 unspecified atom stereocenters. The molecule has 0 aliphatic carbocycles. The van der Waals surface area contributed by atoms with Gasteiger partial charge in [-0.15, -0.1) is 0 Å². The van der Waals surface area contributed by atoms with E-state index >= 15 is 0 Å². The summed E-state index contributed by atoms with van der Waals surface area (Å²) in [6.07, 6.45) is 3.18. The number of carbonyl (C=O) groups is 1. The van der Waals surface area contributed by atoms with E-state index < -0.39 is 0 Å². The molecule has 0 bridgehead atoms. The second-order valence-corrected chi connectivity index (χ2v) is 3.75. The Hall–Kier alpha value is 0.360. The van der Waals surface area contributed by atoms with Gasteiger partial charge in [0.2, 0.25) is 0 Å². The Morgan fingerprint density at radius 1 is 1.44 bits per heavy atom. The summed E-state index contributed by atoms with van der Waals surface area (Å²) in [4.78, 5) is 10.2. The van der Waals surface area contributed by atoms with Gasteiger partial charge in [0.1, 0.15) is 6.29 Å². The fourth-order valence-corrected chi connectivity index (χ4v) is 1.56. The highest BCUT2D eigenvalue weighted by Gasteiger charge is 2.15. The Labute approximate surface area is 69.1 Å². The van der Waals surface area contributed by atoms with Crippen LogP contribution in [0.4, 0.5) is 0 Å². The highest BCUT2D eigenvalue weighted by atomic mass is 127. The summed E-state index contributed by atoms with van der Waals surface area (Å²) in [6, 6.07) is 0. The van der Waals surface area contributed by atoms with Crippen molar-refractivity contribution in [2.45, 2.75) is 12.8 Å². The molecule has 1 aliphatic rings. The largest absolute Gasteiger partial charge is 0.303 e. The van der Waals surface area contributed by atoms with E-state index in [0.29, 0.717) is 5.92 Å². The Bertz CT molecular complexity index is 99.2. The van der Waals surface area contributed by atoms with E-state index in [4.69, 9.17) is 0 Å². The van der Waals surface area contributed by atoms with Crippen molar-refractivity contribution in [3.05, 3.63) is 0 Å². The van der Waals surface area contributed by atoms with E-state index in [-0.39, 0.29) is 0 Å². The number of rotatable bonds is 1. The zero-order chi connectivity index (χ0) is 6.69. The van der Waals surface area contributed by atoms with Gasteiger partial charge in [0, 0.05) is 41.9 Å². The monoisotopic (exact) mass is 239 g/mol. The van der Waals surface area contributed by atoms with Crippen molar-refractivity contribution in [2.75, 3.05) is 13.1 Å². The first kappa shape index (κ1) is 7.47. The lowest BCUT2D eigenvalue weighted by Gasteiger charge is -2.23. The van der Waals surface area contributed by atoms with Gasteiger partial charge in [0.15, 0.2) is 0 Å². The van der Waals surface area contributed by atoms with Crippen molar-refractivity contribution < 1.29 is 4.79 Å². The molecule has 0 N–H and O–H groups in total. The summed E-state index contributed by atoms with van der Waals surface area (Å²) in [5, 5.41) is 0.